The summed E-state index contributed by atoms with van der Waals surface area (Å²) < 4.78 is 7.11. The number of hydrogen-bond donors (Lipinski definition) is 0. The number of hydrogen-bond acceptors (Lipinski definition) is 4. The van der Waals surface area contributed by atoms with E-state index < -0.39 is 0 Å². The number of likely N-dealkylation sites (tertiary alicyclic amines) is 1. The molecule has 0 aromatic carbocycles. The second-order valence-electron chi connectivity index (χ2n) is 5.66. The lowest BCUT2D eigenvalue weighted by atomic mass is 10.1. The fraction of sp³-hybridized carbons (Fsp3) is 0.562. The predicted molar refractivity (Wildman–Crippen MR) is 81.4 cm³/mol. The minimum Gasteiger partial charge on any atom is -0.361 e. The average molecular weight is 302 g/mol. The molecule has 3 rings (SSSR count). The minimum absolute atomic E-state index is 0.0158. The second kappa shape index (κ2) is 6.34. The molecule has 0 spiro atoms. The predicted octanol–water partition coefficient (Wildman–Crippen LogP) is 2.82. The van der Waals surface area contributed by atoms with E-state index in [0.29, 0.717) is 12.2 Å². The van der Waals surface area contributed by atoms with Gasteiger partial charge in [-0.3, -0.25) is 9.48 Å². The Morgan fingerprint density at radius 3 is 3.09 bits per heavy atom. The molecule has 118 valence electrons. The van der Waals surface area contributed by atoms with Crippen LogP contribution in [0.2, 0.25) is 0 Å². The SMILES string of the molecule is CCCc1cc(C2CCCN2C(=O)c2ccnn2CC)no1. The van der Waals surface area contributed by atoms with Gasteiger partial charge in [0.1, 0.15) is 17.1 Å². The highest BCUT2D eigenvalue weighted by Crippen LogP contribution is 2.32. The number of nitrogens with zero attached hydrogens (tertiary/aromatic N) is 4. The van der Waals surface area contributed by atoms with Gasteiger partial charge in [-0.25, -0.2) is 0 Å². The molecular formula is C16H22N4O2. The Labute approximate surface area is 130 Å². The summed E-state index contributed by atoms with van der Waals surface area (Å²) in [5.74, 6) is 0.928. The summed E-state index contributed by atoms with van der Waals surface area (Å²) in [6.45, 7) is 5.55. The number of aryl methyl sites for hydroxylation is 2. The van der Waals surface area contributed by atoms with Gasteiger partial charge in [0.25, 0.3) is 5.91 Å². The van der Waals surface area contributed by atoms with Gasteiger partial charge >= 0.3 is 0 Å². The van der Waals surface area contributed by atoms with E-state index >= 15 is 0 Å². The summed E-state index contributed by atoms with van der Waals surface area (Å²) in [7, 11) is 0. The third kappa shape index (κ3) is 2.65. The van der Waals surface area contributed by atoms with Crippen LogP contribution in [-0.4, -0.2) is 32.3 Å². The highest BCUT2D eigenvalue weighted by Gasteiger charge is 2.33. The minimum atomic E-state index is 0.0158. The van der Waals surface area contributed by atoms with Gasteiger partial charge < -0.3 is 9.42 Å². The summed E-state index contributed by atoms with van der Waals surface area (Å²) >= 11 is 0. The van der Waals surface area contributed by atoms with Crippen LogP contribution in [0.25, 0.3) is 0 Å². The van der Waals surface area contributed by atoms with Crippen LogP contribution in [0.1, 0.15) is 61.1 Å². The Hall–Kier alpha value is -2.11. The summed E-state index contributed by atoms with van der Waals surface area (Å²) in [5.41, 5.74) is 1.52. The molecule has 0 N–H and O–H groups in total. The summed E-state index contributed by atoms with van der Waals surface area (Å²) in [4.78, 5) is 14.7. The van der Waals surface area contributed by atoms with Crippen LogP contribution in [0.5, 0.6) is 0 Å². The van der Waals surface area contributed by atoms with Gasteiger partial charge in [-0.05, 0) is 32.3 Å². The van der Waals surface area contributed by atoms with Crippen molar-refractivity contribution in [3.63, 3.8) is 0 Å². The smallest absolute Gasteiger partial charge is 0.272 e. The largest absolute Gasteiger partial charge is 0.361 e. The van der Waals surface area contributed by atoms with Crippen molar-refractivity contribution in [1.29, 1.82) is 0 Å². The zero-order chi connectivity index (χ0) is 15.5. The van der Waals surface area contributed by atoms with E-state index in [-0.39, 0.29) is 11.9 Å². The number of carbonyl (C=O) groups excluding carboxylic acids is 1. The van der Waals surface area contributed by atoms with Crippen LogP contribution < -0.4 is 0 Å². The van der Waals surface area contributed by atoms with Crippen LogP contribution in [0.4, 0.5) is 0 Å². The maximum Gasteiger partial charge on any atom is 0.272 e. The van der Waals surface area contributed by atoms with Gasteiger partial charge in [0.15, 0.2) is 0 Å². The number of rotatable bonds is 5. The molecule has 1 fully saturated rings. The Morgan fingerprint density at radius 1 is 1.45 bits per heavy atom. The van der Waals surface area contributed by atoms with E-state index in [1.165, 1.54) is 0 Å². The fourth-order valence-corrected chi connectivity index (χ4v) is 3.08. The molecule has 2 aromatic rings. The highest BCUT2D eigenvalue weighted by atomic mass is 16.5. The van der Waals surface area contributed by atoms with Crippen molar-refractivity contribution in [2.45, 2.75) is 52.1 Å². The third-order valence-electron chi connectivity index (χ3n) is 4.16. The normalized spacial score (nSPS) is 18.1. The Morgan fingerprint density at radius 2 is 2.32 bits per heavy atom. The summed E-state index contributed by atoms with van der Waals surface area (Å²) in [6, 6.07) is 3.80. The van der Waals surface area contributed by atoms with Gasteiger partial charge in [0.05, 0.1) is 6.04 Å². The molecule has 0 radical (unpaired) electrons. The molecule has 1 aliphatic rings. The van der Waals surface area contributed by atoms with Crippen LogP contribution in [0, 0.1) is 0 Å². The van der Waals surface area contributed by atoms with Crippen LogP contribution in [0.3, 0.4) is 0 Å². The molecule has 1 aliphatic heterocycles. The van der Waals surface area contributed by atoms with Gasteiger partial charge in [-0.15, -0.1) is 0 Å². The van der Waals surface area contributed by atoms with Gasteiger partial charge in [-0.1, -0.05) is 12.1 Å². The van der Waals surface area contributed by atoms with Crippen molar-refractivity contribution in [2.75, 3.05) is 6.54 Å². The average Bonchev–Trinajstić information content (AvgIpc) is 3.25. The quantitative estimate of drug-likeness (QED) is 0.852. The maximum absolute atomic E-state index is 12.8. The summed E-state index contributed by atoms with van der Waals surface area (Å²) in [5, 5.41) is 8.37. The zero-order valence-electron chi connectivity index (χ0n) is 13.2. The van der Waals surface area contributed by atoms with Crippen molar-refractivity contribution < 1.29 is 9.32 Å². The molecule has 1 atom stereocenters. The second-order valence-corrected chi connectivity index (χ2v) is 5.66. The first kappa shape index (κ1) is 14.8. The van der Waals surface area contributed by atoms with E-state index in [2.05, 4.69) is 17.2 Å². The number of carbonyl (C=O) groups is 1. The highest BCUT2D eigenvalue weighted by molar-refractivity contribution is 5.93. The monoisotopic (exact) mass is 302 g/mol. The molecule has 6 heteroatoms. The fourth-order valence-electron chi connectivity index (χ4n) is 3.08. The molecule has 1 amide bonds. The molecule has 0 bridgehead atoms. The van der Waals surface area contributed by atoms with Crippen LogP contribution >= 0.6 is 0 Å². The van der Waals surface area contributed by atoms with Gasteiger partial charge in [-0.2, -0.15) is 5.10 Å². The van der Waals surface area contributed by atoms with Crippen molar-refractivity contribution in [3.05, 3.63) is 35.5 Å². The van der Waals surface area contributed by atoms with Crippen molar-refractivity contribution >= 4 is 5.91 Å². The lowest BCUT2D eigenvalue weighted by molar-refractivity contribution is 0.0718. The standard InChI is InChI=1S/C16H22N4O2/c1-3-6-12-11-13(18-22-12)14-7-5-10-19(14)16(21)15-8-9-17-20(15)4-2/h8-9,11,14H,3-7,10H2,1-2H3. The molecule has 22 heavy (non-hydrogen) atoms. The Kier molecular flexibility index (Phi) is 4.27. The lowest BCUT2D eigenvalue weighted by Crippen LogP contribution is -2.32. The first-order valence-corrected chi connectivity index (χ1v) is 8.02. The van der Waals surface area contributed by atoms with Crippen LogP contribution in [-0.2, 0) is 13.0 Å². The van der Waals surface area contributed by atoms with Crippen LogP contribution in [0.15, 0.2) is 22.9 Å². The molecule has 0 saturated carbocycles. The molecule has 0 aliphatic carbocycles. The first-order chi connectivity index (χ1) is 10.7. The summed E-state index contributed by atoms with van der Waals surface area (Å²) in [6.07, 6.45) is 5.52. The van der Waals surface area contributed by atoms with Crippen molar-refractivity contribution in [3.8, 4) is 0 Å². The maximum atomic E-state index is 12.8. The molecule has 2 aromatic heterocycles. The van der Waals surface area contributed by atoms with E-state index in [1.807, 2.05) is 17.9 Å². The van der Waals surface area contributed by atoms with Crippen molar-refractivity contribution in [2.24, 2.45) is 0 Å². The van der Waals surface area contributed by atoms with E-state index in [4.69, 9.17) is 4.52 Å². The van der Waals surface area contributed by atoms with E-state index in [9.17, 15) is 4.79 Å². The number of aromatic nitrogens is 3. The third-order valence-corrected chi connectivity index (χ3v) is 4.16. The topological polar surface area (TPSA) is 64.2 Å². The Bertz CT molecular complexity index is 646. The van der Waals surface area contributed by atoms with E-state index in [1.54, 1.807) is 16.9 Å². The van der Waals surface area contributed by atoms with Crippen molar-refractivity contribution in [1.82, 2.24) is 19.8 Å². The van der Waals surface area contributed by atoms with E-state index in [0.717, 1.165) is 43.7 Å². The lowest BCUT2D eigenvalue weighted by Gasteiger charge is -2.23. The molecule has 6 nitrogen and oxygen atoms in total. The Balaban J connectivity index is 1.81. The molecular weight excluding hydrogens is 280 g/mol. The van der Waals surface area contributed by atoms with Gasteiger partial charge in [0, 0.05) is 31.8 Å². The molecule has 1 unspecified atom stereocenters. The molecule has 1 saturated heterocycles. The number of amides is 1. The van der Waals surface area contributed by atoms with Gasteiger partial charge in [0.2, 0.25) is 0 Å². The molecule has 3 heterocycles. The zero-order valence-corrected chi connectivity index (χ0v) is 13.2. The first-order valence-electron chi connectivity index (χ1n) is 8.02.